The van der Waals surface area contributed by atoms with Gasteiger partial charge in [-0.3, -0.25) is 0 Å². The molecule has 0 saturated carbocycles. The second kappa shape index (κ2) is 7.27. The number of ether oxygens (including phenoxy) is 1. The quantitative estimate of drug-likeness (QED) is 0.555. The molecule has 3 N–H and O–H groups in total. The highest BCUT2D eigenvalue weighted by Crippen LogP contribution is 2.15. The van der Waals surface area contributed by atoms with Gasteiger partial charge in [0.1, 0.15) is 0 Å². The molecule has 96 valence electrons. The first kappa shape index (κ1) is 14.0. The summed E-state index contributed by atoms with van der Waals surface area (Å²) in [6, 6.07) is 7.32. The van der Waals surface area contributed by atoms with Crippen LogP contribution in [-0.4, -0.2) is 43.4 Å². The maximum Gasteiger partial charge on any atom is 0.0916 e. The lowest BCUT2D eigenvalue weighted by Crippen LogP contribution is -2.28. The van der Waals surface area contributed by atoms with E-state index >= 15 is 0 Å². The van der Waals surface area contributed by atoms with E-state index in [-0.39, 0.29) is 0 Å². The average molecular weight is 238 g/mol. The maximum absolute atomic E-state index is 10.0. The number of nitrogens with zero attached hydrogens (tertiary/aromatic N) is 1. The molecule has 0 aromatic heterocycles. The number of nitrogens with two attached hydrogens (primary N) is 1. The normalized spacial score (nSPS) is 12.9. The molecule has 0 amide bonds. The molecule has 1 unspecified atom stereocenters. The van der Waals surface area contributed by atoms with E-state index in [4.69, 9.17) is 10.5 Å². The van der Waals surface area contributed by atoms with Crippen LogP contribution < -0.4 is 5.73 Å². The third kappa shape index (κ3) is 5.17. The van der Waals surface area contributed by atoms with E-state index in [1.54, 1.807) is 12.1 Å². The third-order valence-corrected chi connectivity index (χ3v) is 2.63. The lowest BCUT2D eigenvalue weighted by atomic mass is 10.1. The van der Waals surface area contributed by atoms with Crippen LogP contribution in [0.25, 0.3) is 0 Å². The van der Waals surface area contributed by atoms with Gasteiger partial charge in [0.25, 0.3) is 0 Å². The van der Waals surface area contributed by atoms with Gasteiger partial charge in [0.15, 0.2) is 0 Å². The summed E-state index contributed by atoms with van der Waals surface area (Å²) < 4.78 is 5.27. The summed E-state index contributed by atoms with van der Waals surface area (Å²) in [7, 11) is 1.97. The van der Waals surface area contributed by atoms with Crippen molar-refractivity contribution in [2.45, 2.75) is 13.0 Å². The molecule has 1 atom stereocenters. The lowest BCUT2D eigenvalue weighted by Gasteiger charge is -2.20. The lowest BCUT2D eigenvalue weighted by molar-refractivity contribution is 0.0891. The fourth-order valence-electron chi connectivity index (χ4n) is 1.57. The highest BCUT2D eigenvalue weighted by atomic mass is 16.5. The van der Waals surface area contributed by atoms with Crippen LogP contribution in [0, 0.1) is 0 Å². The van der Waals surface area contributed by atoms with E-state index in [2.05, 4.69) is 4.90 Å². The fourth-order valence-corrected chi connectivity index (χ4v) is 1.57. The minimum absolute atomic E-state index is 0.484. The summed E-state index contributed by atoms with van der Waals surface area (Å²) in [6.07, 6.45) is -0.484. The second-order valence-corrected chi connectivity index (χ2v) is 4.14. The Bertz CT molecular complexity index is 314. The molecule has 4 nitrogen and oxygen atoms in total. The van der Waals surface area contributed by atoms with Gasteiger partial charge in [-0.05, 0) is 31.7 Å². The summed E-state index contributed by atoms with van der Waals surface area (Å²) in [4.78, 5) is 2.05. The Morgan fingerprint density at radius 2 is 2.00 bits per heavy atom. The van der Waals surface area contributed by atoms with Crippen LogP contribution in [0.4, 0.5) is 5.69 Å². The Balaban J connectivity index is 2.37. The molecule has 0 aliphatic carbocycles. The van der Waals surface area contributed by atoms with Crippen molar-refractivity contribution in [1.82, 2.24) is 4.90 Å². The SMILES string of the molecule is CCOCCN(C)CC(O)c1ccc(N)cc1. The number of likely N-dealkylation sites (N-methyl/N-ethyl adjacent to an activating group) is 1. The molecule has 1 aromatic carbocycles. The highest BCUT2D eigenvalue weighted by molar-refractivity contribution is 5.39. The van der Waals surface area contributed by atoms with Crippen molar-refractivity contribution < 1.29 is 9.84 Å². The minimum atomic E-state index is -0.484. The third-order valence-electron chi connectivity index (χ3n) is 2.63. The number of hydrogen-bond donors (Lipinski definition) is 2. The number of nitrogen functional groups attached to an aromatic ring is 1. The number of hydrogen-bond acceptors (Lipinski definition) is 4. The van der Waals surface area contributed by atoms with E-state index in [9.17, 15) is 5.11 Å². The molecule has 0 bridgehead atoms. The molecular weight excluding hydrogens is 216 g/mol. The van der Waals surface area contributed by atoms with Gasteiger partial charge < -0.3 is 20.5 Å². The van der Waals surface area contributed by atoms with E-state index in [0.29, 0.717) is 18.8 Å². The van der Waals surface area contributed by atoms with E-state index in [0.717, 1.165) is 18.7 Å². The van der Waals surface area contributed by atoms with E-state index in [1.165, 1.54) is 0 Å². The molecule has 0 aliphatic rings. The minimum Gasteiger partial charge on any atom is -0.399 e. The summed E-state index contributed by atoms with van der Waals surface area (Å²) >= 11 is 0. The van der Waals surface area contributed by atoms with Crippen molar-refractivity contribution in [3.63, 3.8) is 0 Å². The Labute approximate surface area is 103 Å². The van der Waals surface area contributed by atoms with Crippen LogP contribution >= 0.6 is 0 Å². The van der Waals surface area contributed by atoms with Gasteiger partial charge >= 0.3 is 0 Å². The first-order chi connectivity index (χ1) is 8.13. The molecule has 1 rings (SSSR count). The number of benzene rings is 1. The zero-order valence-corrected chi connectivity index (χ0v) is 10.6. The first-order valence-corrected chi connectivity index (χ1v) is 5.93. The van der Waals surface area contributed by atoms with Crippen LogP contribution in [0.5, 0.6) is 0 Å². The molecular formula is C13H22N2O2. The molecule has 0 fully saturated rings. The molecule has 0 heterocycles. The van der Waals surface area contributed by atoms with Crippen LogP contribution in [0.2, 0.25) is 0 Å². The molecule has 0 saturated heterocycles. The molecule has 1 aromatic rings. The zero-order valence-electron chi connectivity index (χ0n) is 10.6. The molecule has 17 heavy (non-hydrogen) atoms. The average Bonchev–Trinajstić information content (AvgIpc) is 2.30. The zero-order chi connectivity index (χ0) is 12.7. The molecule has 0 aliphatic heterocycles. The van der Waals surface area contributed by atoms with Crippen molar-refractivity contribution in [3.05, 3.63) is 29.8 Å². The summed E-state index contributed by atoms with van der Waals surface area (Å²) in [5.41, 5.74) is 7.21. The standard InChI is InChI=1S/C13H22N2O2/c1-3-17-9-8-15(2)10-13(16)11-4-6-12(14)7-5-11/h4-7,13,16H,3,8-10,14H2,1-2H3. The van der Waals surface area contributed by atoms with Gasteiger partial charge in [-0.1, -0.05) is 12.1 Å². The fraction of sp³-hybridized carbons (Fsp3) is 0.538. The topological polar surface area (TPSA) is 58.7 Å². The van der Waals surface area contributed by atoms with Crippen molar-refractivity contribution >= 4 is 5.69 Å². The molecule has 0 radical (unpaired) electrons. The van der Waals surface area contributed by atoms with Gasteiger partial charge in [0.05, 0.1) is 12.7 Å². The molecule has 0 spiro atoms. The maximum atomic E-state index is 10.0. The van der Waals surface area contributed by atoms with E-state index < -0.39 is 6.10 Å². The van der Waals surface area contributed by atoms with Crippen LogP contribution in [0.3, 0.4) is 0 Å². The van der Waals surface area contributed by atoms with Gasteiger partial charge in [-0.15, -0.1) is 0 Å². The van der Waals surface area contributed by atoms with Gasteiger partial charge in [-0.2, -0.15) is 0 Å². The first-order valence-electron chi connectivity index (χ1n) is 5.93. The van der Waals surface area contributed by atoms with Gasteiger partial charge in [-0.25, -0.2) is 0 Å². The Morgan fingerprint density at radius 1 is 1.35 bits per heavy atom. The van der Waals surface area contributed by atoms with Gasteiger partial charge in [0.2, 0.25) is 0 Å². The van der Waals surface area contributed by atoms with Crippen LogP contribution in [0.1, 0.15) is 18.6 Å². The summed E-state index contributed by atoms with van der Waals surface area (Å²) in [5.74, 6) is 0. The number of aliphatic hydroxyl groups is 1. The van der Waals surface area contributed by atoms with Crippen molar-refractivity contribution in [2.75, 3.05) is 39.1 Å². The van der Waals surface area contributed by atoms with Crippen molar-refractivity contribution in [3.8, 4) is 0 Å². The number of rotatable bonds is 7. The monoisotopic (exact) mass is 238 g/mol. The highest BCUT2D eigenvalue weighted by Gasteiger charge is 2.10. The summed E-state index contributed by atoms with van der Waals surface area (Å²) in [6.45, 7) is 4.82. The summed E-state index contributed by atoms with van der Waals surface area (Å²) in [5, 5.41) is 10.0. The largest absolute Gasteiger partial charge is 0.399 e. The second-order valence-electron chi connectivity index (χ2n) is 4.14. The predicted octanol–water partition coefficient (Wildman–Crippen LogP) is 1.27. The van der Waals surface area contributed by atoms with E-state index in [1.807, 2.05) is 26.1 Å². The Kier molecular flexibility index (Phi) is 5.97. The Hall–Kier alpha value is -1.10. The van der Waals surface area contributed by atoms with Crippen LogP contribution in [0.15, 0.2) is 24.3 Å². The Morgan fingerprint density at radius 3 is 2.59 bits per heavy atom. The van der Waals surface area contributed by atoms with Crippen molar-refractivity contribution in [1.29, 1.82) is 0 Å². The number of anilines is 1. The smallest absolute Gasteiger partial charge is 0.0916 e. The van der Waals surface area contributed by atoms with Crippen molar-refractivity contribution in [2.24, 2.45) is 0 Å². The van der Waals surface area contributed by atoms with Gasteiger partial charge in [0, 0.05) is 25.4 Å². The predicted molar refractivity (Wildman–Crippen MR) is 69.8 cm³/mol. The molecule has 4 heteroatoms. The number of aliphatic hydroxyl groups excluding tert-OH is 1. The van der Waals surface area contributed by atoms with Crippen LogP contribution in [-0.2, 0) is 4.74 Å².